The first-order valence-electron chi connectivity index (χ1n) is 7.57. The lowest BCUT2D eigenvalue weighted by molar-refractivity contribution is 0.0742. The van der Waals surface area contributed by atoms with Crippen LogP contribution in [0.25, 0.3) is 11.0 Å². The van der Waals surface area contributed by atoms with Gasteiger partial charge in [-0.3, -0.25) is 4.79 Å². The van der Waals surface area contributed by atoms with E-state index in [4.69, 9.17) is 16.0 Å². The SMILES string of the molecule is CN1C2CCC1CC(C(=O)c1cc3cccc(Cl)c3o1)C2. The Hall–Kier alpha value is -1.32. The topological polar surface area (TPSA) is 33.5 Å². The van der Waals surface area contributed by atoms with Gasteiger partial charge in [-0.15, -0.1) is 0 Å². The number of halogens is 1. The summed E-state index contributed by atoms with van der Waals surface area (Å²) in [5.41, 5.74) is 0.624. The number of benzene rings is 1. The minimum Gasteiger partial charge on any atom is -0.451 e. The van der Waals surface area contributed by atoms with E-state index in [-0.39, 0.29) is 11.7 Å². The zero-order valence-corrected chi connectivity index (χ0v) is 12.8. The van der Waals surface area contributed by atoms with Crippen LogP contribution in [0.5, 0.6) is 0 Å². The number of carbonyl (C=O) groups is 1. The van der Waals surface area contributed by atoms with Crippen molar-refractivity contribution in [2.24, 2.45) is 5.92 Å². The summed E-state index contributed by atoms with van der Waals surface area (Å²) in [5.74, 6) is 0.706. The van der Waals surface area contributed by atoms with Gasteiger partial charge in [0, 0.05) is 23.4 Å². The van der Waals surface area contributed by atoms with E-state index in [1.807, 2.05) is 18.2 Å². The summed E-state index contributed by atoms with van der Waals surface area (Å²) in [7, 11) is 2.18. The third kappa shape index (κ3) is 2.11. The van der Waals surface area contributed by atoms with Crippen LogP contribution >= 0.6 is 11.6 Å². The van der Waals surface area contributed by atoms with Crippen molar-refractivity contribution in [2.75, 3.05) is 7.05 Å². The van der Waals surface area contributed by atoms with Crippen molar-refractivity contribution < 1.29 is 9.21 Å². The van der Waals surface area contributed by atoms with Gasteiger partial charge in [0.15, 0.2) is 11.3 Å². The standard InChI is InChI=1S/C17H18ClNO2/c1-19-12-5-6-13(19)8-11(7-12)16(20)15-9-10-3-2-4-14(18)17(10)21-15/h2-4,9,11-13H,5-8H2,1H3. The van der Waals surface area contributed by atoms with Gasteiger partial charge in [0.05, 0.1) is 5.02 Å². The quantitative estimate of drug-likeness (QED) is 0.782. The van der Waals surface area contributed by atoms with Gasteiger partial charge in [0.1, 0.15) is 0 Å². The second-order valence-corrected chi connectivity index (χ2v) is 6.76. The third-order valence-corrected chi connectivity index (χ3v) is 5.51. The van der Waals surface area contributed by atoms with E-state index in [1.54, 1.807) is 6.07 Å². The third-order valence-electron chi connectivity index (χ3n) is 5.21. The molecule has 2 fully saturated rings. The van der Waals surface area contributed by atoms with Gasteiger partial charge in [-0.1, -0.05) is 23.7 Å². The second kappa shape index (κ2) is 4.85. The number of furan rings is 1. The molecule has 0 saturated carbocycles. The Bertz CT molecular complexity index is 694. The number of hydrogen-bond donors (Lipinski definition) is 0. The van der Waals surface area contributed by atoms with E-state index >= 15 is 0 Å². The fraction of sp³-hybridized carbons (Fsp3) is 0.471. The first-order valence-corrected chi connectivity index (χ1v) is 7.95. The molecule has 2 saturated heterocycles. The van der Waals surface area contributed by atoms with Crippen LogP contribution in [0.15, 0.2) is 28.7 Å². The fourth-order valence-corrected chi connectivity index (χ4v) is 4.20. The number of fused-ring (bicyclic) bond motifs is 3. The van der Waals surface area contributed by atoms with Crippen LogP contribution in [0.1, 0.15) is 36.2 Å². The zero-order chi connectivity index (χ0) is 14.6. The maximum Gasteiger partial charge on any atom is 0.201 e. The molecule has 0 aliphatic carbocycles. The van der Waals surface area contributed by atoms with Crippen molar-refractivity contribution in [3.63, 3.8) is 0 Å². The molecule has 2 aliphatic heterocycles. The molecule has 1 aromatic heterocycles. The van der Waals surface area contributed by atoms with Crippen LogP contribution in [-0.2, 0) is 0 Å². The van der Waals surface area contributed by atoms with Gasteiger partial charge >= 0.3 is 0 Å². The number of piperidine rings is 1. The van der Waals surface area contributed by atoms with Crippen LogP contribution in [0, 0.1) is 5.92 Å². The summed E-state index contributed by atoms with van der Waals surface area (Å²) in [5, 5.41) is 1.47. The lowest BCUT2D eigenvalue weighted by Gasteiger charge is -2.35. The molecule has 1 aromatic carbocycles. The highest BCUT2D eigenvalue weighted by molar-refractivity contribution is 6.34. The molecule has 0 spiro atoms. The fourth-order valence-electron chi connectivity index (χ4n) is 3.98. The Balaban J connectivity index is 1.63. The van der Waals surface area contributed by atoms with Crippen LogP contribution < -0.4 is 0 Å². The van der Waals surface area contributed by atoms with Crippen molar-refractivity contribution in [3.05, 3.63) is 35.0 Å². The van der Waals surface area contributed by atoms with Crippen LogP contribution in [0.2, 0.25) is 5.02 Å². The van der Waals surface area contributed by atoms with Gasteiger partial charge in [-0.05, 0) is 44.9 Å². The molecule has 3 nitrogen and oxygen atoms in total. The molecule has 0 radical (unpaired) electrons. The monoisotopic (exact) mass is 303 g/mol. The Morgan fingerprint density at radius 3 is 2.67 bits per heavy atom. The summed E-state index contributed by atoms with van der Waals surface area (Å²) in [6, 6.07) is 8.56. The highest BCUT2D eigenvalue weighted by atomic mass is 35.5. The Labute approximate surface area is 128 Å². The van der Waals surface area contributed by atoms with Gasteiger partial charge in [0.25, 0.3) is 0 Å². The van der Waals surface area contributed by atoms with Crippen LogP contribution in [0.4, 0.5) is 0 Å². The smallest absolute Gasteiger partial charge is 0.201 e. The summed E-state index contributed by atoms with van der Waals surface area (Å²) in [4.78, 5) is 15.2. The molecule has 2 aromatic rings. The first-order chi connectivity index (χ1) is 10.1. The molecular formula is C17H18ClNO2. The van der Waals surface area contributed by atoms with Crippen molar-refractivity contribution in [1.29, 1.82) is 0 Å². The van der Waals surface area contributed by atoms with Crippen LogP contribution in [0.3, 0.4) is 0 Å². The molecule has 2 bridgehead atoms. The molecule has 4 heteroatoms. The largest absolute Gasteiger partial charge is 0.451 e. The summed E-state index contributed by atoms with van der Waals surface area (Å²) in [6.45, 7) is 0. The molecule has 21 heavy (non-hydrogen) atoms. The second-order valence-electron chi connectivity index (χ2n) is 6.35. The van der Waals surface area contributed by atoms with Crippen LogP contribution in [-0.4, -0.2) is 29.8 Å². The highest BCUT2D eigenvalue weighted by Crippen LogP contribution is 2.39. The zero-order valence-electron chi connectivity index (χ0n) is 12.0. The minimum atomic E-state index is 0.0954. The summed E-state index contributed by atoms with van der Waals surface area (Å²) >= 11 is 6.12. The number of carbonyl (C=O) groups excluding carboxylic acids is 1. The van der Waals surface area contributed by atoms with E-state index in [9.17, 15) is 4.79 Å². The Kier molecular flexibility index (Phi) is 3.09. The molecule has 2 unspecified atom stereocenters. The number of nitrogens with zero attached hydrogens (tertiary/aromatic N) is 1. The minimum absolute atomic E-state index is 0.0954. The molecule has 3 heterocycles. The van der Waals surface area contributed by atoms with Gasteiger partial charge in [-0.25, -0.2) is 0 Å². The number of rotatable bonds is 2. The molecule has 4 rings (SSSR count). The van der Waals surface area contributed by atoms with Crippen molar-refractivity contribution in [2.45, 2.75) is 37.8 Å². The lowest BCUT2D eigenvalue weighted by Crippen LogP contribution is -2.42. The molecule has 0 N–H and O–H groups in total. The average Bonchev–Trinajstić information content (AvgIpc) is 2.97. The van der Waals surface area contributed by atoms with Gasteiger partial charge in [-0.2, -0.15) is 0 Å². The van der Waals surface area contributed by atoms with Crippen molar-refractivity contribution in [3.8, 4) is 0 Å². The van der Waals surface area contributed by atoms with E-state index in [2.05, 4.69) is 11.9 Å². The molecule has 2 aliphatic rings. The van der Waals surface area contributed by atoms with E-state index in [1.165, 1.54) is 12.8 Å². The number of ketones is 1. The Morgan fingerprint density at radius 1 is 1.29 bits per heavy atom. The average molecular weight is 304 g/mol. The highest BCUT2D eigenvalue weighted by Gasteiger charge is 2.41. The van der Waals surface area contributed by atoms with Crippen molar-refractivity contribution in [1.82, 2.24) is 4.90 Å². The Morgan fingerprint density at radius 2 is 2.00 bits per heavy atom. The summed E-state index contributed by atoms with van der Waals surface area (Å²) in [6.07, 6.45) is 4.35. The first kappa shape index (κ1) is 13.4. The molecule has 2 atom stereocenters. The number of Topliss-reactive ketones (excluding diaryl/α,β-unsaturated/α-hetero) is 1. The maximum atomic E-state index is 12.8. The molecular weight excluding hydrogens is 286 g/mol. The summed E-state index contributed by atoms with van der Waals surface area (Å²) < 4.78 is 5.74. The van der Waals surface area contributed by atoms with E-state index in [0.29, 0.717) is 28.4 Å². The van der Waals surface area contributed by atoms with Crippen molar-refractivity contribution >= 4 is 28.4 Å². The van der Waals surface area contributed by atoms with Gasteiger partial charge < -0.3 is 9.32 Å². The molecule has 0 amide bonds. The number of para-hydroxylation sites is 1. The normalized spacial score (nSPS) is 29.1. The predicted octanol–water partition coefficient (Wildman–Crippen LogP) is 4.14. The molecule has 110 valence electrons. The predicted molar refractivity (Wildman–Crippen MR) is 82.9 cm³/mol. The van der Waals surface area contributed by atoms with E-state index in [0.717, 1.165) is 18.2 Å². The maximum absolute atomic E-state index is 12.8. The van der Waals surface area contributed by atoms with Gasteiger partial charge in [0.2, 0.25) is 5.78 Å². The van der Waals surface area contributed by atoms with E-state index < -0.39 is 0 Å². The lowest BCUT2D eigenvalue weighted by atomic mass is 9.87. The number of hydrogen-bond acceptors (Lipinski definition) is 3.